The van der Waals surface area contributed by atoms with E-state index in [1.165, 1.54) is 5.57 Å². The Hall–Kier alpha value is -0.900. The van der Waals surface area contributed by atoms with E-state index in [0.717, 1.165) is 18.6 Å². The summed E-state index contributed by atoms with van der Waals surface area (Å²) in [6.45, 7) is 6.11. The standard InChI is InChI=1S/C9H17N3S/c1-7(2)5-4-6-8(3)11-12-9(10)13/h5H,4,6H2,1-3H3,(H3,10,12,13)/b11-8-. The van der Waals surface area contributed by atoms with E-state index in [9.17, 15) is 0 Å². The molecule has 13 heavy (non-hydrogen) atoms. The Balaban J connectivity index is 3.73. The average Bonchev–Trinajstić information content (AvgIpc) is 2.00. The molecular formula is C9H17N3S. The highest BCUT2D eigenvalue weighted by Gasteiger charge is 1.90. The Bertz CT molecular complexity index is 227. The number of nitrogens with two attached hydrogens (primary N) is 1. The van der Waals surface area contributed by atoms with Crippen molar-refractivity contribution in [2.45, 2.75) is 33.6 Å². The van der Waals surface area contributed by atoms with Gasteiger partial charge in [0.25, 0.3) is 0 Å². The van der Waals surface area contributed by atoms with Crippen molar-refractivity contribution < 1.29 is 0 Å². The first kappa shape index (κ1) is 12.1. The monoisotopic (exact) mass is 199 g/mol. The van der Waals surface area contributed by atoms with E-state index < -0.39 is 0 Å². The second-order valence-electron chi connectivity index (χ2n) is 3.14. The second kappa shape index (κ2) is 6.60. The molecule has 0 spiro atoms. The lowest BCUT2D eigenvalue weighted by atomic mass is 10.2. The van der Waals surface area contributed by atoms with Crippen molar-refractivity contribution in [3.8, 4) is 0 Å². The molecule has 0 aliphatic carbocycles. The van der Waals surface area contributed by atoms with Crippen molar-refractivity contribution in [1.82, 2.24) is 5.43 Å². The Morgan fingerprint density at radius 3 is 2.54 bits per heavy atom. The summed E-state index contributed by atoms with van der Waals surface area (Å²) in [7, 11) is 0. The summed E-state index contributed by atoms with van der Waals surface area (Å²) in [5, 5.41) is 4.20. The molecule has 3 N–H and O–H groups in total. The summed E-state index contributed by atoms with van der Waals surface area (Å²) in [5.74, 6) is 0. The van der Waals surface area contributed by atoms with E-state index in [-0.39, 0.29) is 5.11 Å². The molecule has 0 rings (SSSR count). The maximum absolute atomic E-state index is 5.22. The van der Waals surface area contributed by atoms with Crippen LogP contribution in [0.4, 0.5) is 0 Å². The van der Waals surface area contributed by atoms with Gasteiger partial charge in [-0.25, -0.2) is 0 Å². The lowest BCUT2D eigenvalue weighted by molar-refractivity contribution is 0.981. The van der Waals surface area contributed by atoms with Crippen LogP contribution in [-0.4, -0.2) is 10.8 Å². The van der Waals surface area contributed by atoms with Crippen molar-refractivity contribution in [3.05, 3.63) is 11.6 Å². The summed E-state index contributed by atoms with van der Waals surface area (Å²) < 4.78 is 0. The zero-order valence-corrected chi connectivity index (χ0v) is 9.24. The number of hydrogen-bond donors (Lipinski definition) is 2. The highest BCUT2D eigenvalue weighted by molar-refractivity contribution is 7.80. The van der Waals surface area contributed by atoms with Crippen LogP contribution in [0.5, 0.6) is 0 Å². The van der Waals surface area contributed by atoms with E-state index in [4.69, 9.17) is 5.73 Å². The van der Waals surface area contributed by atoms with Gasteiger partial charge in [-0.15, -0.1) is 0 Å². The van der Waals surface area contributed by atoms with Gasteiger partial charge in [-0.2, -0.15) is 5.10 Å². The molecule has 0 aromatic rings. The van der Waals surface area contributed by atoms with Gasteiger partial charge in [0.15, 0.2) is 5.11 Å². The highest BCUT2D eigenvalue weighted by Crippen LogP contribution is 1.98. The third-order valence-electron chi connectivity index (χ3n) is 1.42. The molecule has 0 amide bonds. The third kappa shape index (κ3) is 9.01. The minimum Gasteiger partial charge on any atom is -0.375 e. The molecular weight excluding hydrogens is 182 g/mol. The second-order valence-corrected chi connectivity index (χ2v) is 3.58. The van der Waals surface area contributed by atoms with Gasteiger partial charge in [-0.3, -0.25) is 5.43 Å². The molecule has 0 radical (unpaired) electrons. The van der Waals surface area contributed by atoms with Gasteiger partial charge in [0.05, 0.1) is 0 Å². The van der Waals surface area contributed by atoms with Crippen molar-refractivity contribution in [2.24, 2.45) is 10.8 Å². The molecule has 0 aromatic carbocycles. The highest BCUT2D eigenvalue weighted by atomic mass is 32.1. The number of nitrogens with zero attached hydrogens (tertiary/aromatic N) is 1. The van der Waals surface area contributed by atoms with Crippen molar-refractivity contribution in [3.63, 3.8) is 0 Å². The maximum Gasteiger partial charge on any atom is 0.184 e. The first-order valence-corrected chi connectivity index (χ1v) is 4.65. The van der Waals surface area contributed by atoms with Gasteiger partial charge >= 0.3 is 0 Å². The van der Waals surface area contributed by atoms with Crippen molar-refractivity contribution in [1.29, 1.82) is 0 Å². The molecule has 0 atom stereocenters. The first-order chi connectivity index (χ1) is 6.02. The summed E-state index contributed by atoms with van der Waals surface area (Å²) in [4.78, 5) is 0. The van der Waals surface area contributed by atoms with Crippen LogP contribution in [0, 0.1) is 0 Å². The van der Waals surface area contributed by atoms with Crippen LogP contribution in [0.1, 0.15) is 33.6 Å². The number of allylic oxidation sites excluding steroid dienone is 2. The summed E-state index contributed by atoms with van der Waals surface area (Å²) in [6.07, 6.45) is 4.12. The Labute approximate surface area is 85.1 Å². The van der Waals surface area contributed by atoms with Crippen LogP contribution < -0.4 is 11.2 Å². The van der Waals surface area contributed by atoms with Gasteiger partial charge in [0.2, 0.25) is 0 Å². The fourth-order valence-electron chi connectivity index (χ4n) is 0.776. The first-order valence-electron chi connectivity index (χ1n) is 4.24. The van der Waals surface area contributed by atoms with Gasteiger partial charge in [-0.05, 0) is 45.8 Å². The van der Waals surface area contributed by atoms with Crippen molar-refractivity contribution in [2.75, 3.05) is 0 Å². The molecule has 74 valence electrons. The van der Waals surface area contributed by atoms with E-state index in [2.05, 4.69) is 42.7 Å². The van der Waals surface area contributed by atoms with E-state index in [1.807, 2.05) is 6.92 Å². The van der Waals surface area contributed by atoms with Crippen LogP contribution in [-0.2, 0) is 0 Å². The molecule has 0 heterocycles. The Kier molecular flexibility index (Phi) is 6.14. The van der Waals surface area contributed by atoms with Crippen LogP contribution in [0.3, 0.4) is 0 Å². The number of thiocarbonyl (C=S) groups is 1. The smallest absolute Gasteiger partial charge is 0.184 e. The molecule has 3 nitrogen and oxygen atoms in total. The zero-order valence-electron chi connectivity index (χ0n) is 8.42. The molecule has 0 fully saturated rings. The molecule has 0 aliphatic rings. The summed E-state index contributed by atoms with van der Waals surface area (Å²) in [5.41, 5.74) is 10.1. The lowest BCUT2D eigenvalue weighted by Crippen LogP contribution is -2.25. The molecule has 0 aliphatic heterocycles. The Morgan fingerprint density at radius 1 is 1.46 bits per heavy atom. The SMILES string of the molecule is CC(C)=CCC/C(C)=N\NC(N)=S. The molecule has 0 saturated carbocycles. The van der Waals surface area contributed by atoms with Gasteiger partial charge in [-0.1, -0.05) is 11.6 Å². The fraction of sp³-hybridized carbons (Fsp3) is 0.556. The van der Waals surface area contributed by atoms with E-state index in [0.29, 0.717) is 0 Å². The predicted molar refractivity (Wildman–Crippen MR) is 61.7 cm³/mol. The Morgan fingerprint density at radius 2 is 2.08 bits per heavy atom. The summed E-state index contributed by atoms with van der Waals surface area (Å²) >= 11 is 4.62. The molecule has 0 bridgehead atoms. The number of rotatable bonds is 4. The molecule has 0 aromatic heterocycles. The minimum absolute atomic E-state index is 0.210. The van der Waals surface area contributed by atoms with Gasteiger partial charge < -0.3 is 5.73 Å². The van der Waals surface area contributed by atoms with Gasteiger partial charge in [0, 0.05) is 5.71 Å². The zero-order chi connectivity index (χ0) is 10.3. The van der Waals surface area contributed by atoms with Crippen molar-refractivity contribution >= 4 is 23.0 Å². The molecule has 4 heteroatoms. The largest absolute Gasteiger partial charge is 0.375 e. The number of hydrazone groups is 1. The van der Waals surface area contributed by atoms with E-state index in [1.54, 1.807) is 0 Å². The molecule has 0 saturated heterocycles. The summed E-state index contributed by atoms with van der Waals surface area (Å²) in [6, 6.07) is 0. The fourth-order valence-corrected chi connectivity index (χ4v) is 0.822. The number of nitrogens with one attached hydrogen (secondary N) is 1. The third-order valence-corrected chi connectivity index (χ3v) is 1.51. The lowest BCUT2D eigenvalue weighted by Gasteiger charge is -1.99. The van der Waals surface area contributed by atoms with E-state index >= 15 is 0 Å². The minimum atomic E-state index is 0.210. The molecule has 0 unspecified atom stereocenters. The average molecular weight is 199 g/mol. The quantitative estimate of drug-likeness (QED) is 0.315. The number of hydrogen-bond acceptors (Lipinski definition) is 2. The normalized spacial score (nSPS) is 10.8. The topological polar surface area (TPSA) is 50.4 Å². The van der Waals surface area contributed by atoms with Crippen LogP contribution >= 0.6 is 12.2 Å². The van der Waals surface area contributed by atoms with Crippen LogP contribution in [0.15, 0.2) is 16.8 Å². The van der Waals surface area contributed by atoms with Crippen LogP contribution in [0.25, 0.3) is 0 Å². The maximum atomic E-state index is 5.22. The van der Waals surface area contributed by atoms with Gasteiger partial charge in [0.1, 0.15) is 0 Å². The predicted octanol–water partition coefficient (Wildman–Crippen LogP) is 1.94. The van der Waals surface area contributed by atoms with Crippen LogP contribution in [0.2, 0.25) is 0 Å².